The molecule has 0 saturated carbocycles. The van der Waals surface area contributed by atoms with Crippen molar-refractivity contribution in [2.24, 2.45) is 17.8 Å². The number of carbonyl (C=O) groups is 2. The molecule has 1 aromatic carbocycles. The van der Waals surface area contributed by atoms with Gasteiger partial charge >= 0.3 is 0 Å². The molecule has 1 unspecified atom stereocenters. The average molecular weight is 366 g/mol. The second kappa shape index (κ2) is 7.22. The van der Waals surface area contributed by atoms with Gasteiger partial charge in [0.15, 0.2) is 0 Å². The third-order valence-corrected chi connectivity index (χ3v) is 5.56. The lowest BCUT2D eigenvalue weighted by molar-refractivity contribution is -0.135. The van der Waals surface area contributed by atoms with Gasteiger partial charge in [0.05, 0.1) is 13.0 Å². The maximum Gasteiger partial charge on any atom is 0.228 e. The van der Waals surface area contributed by atoms with Crippen molar-refractivity contribution in [3.8, 4) is 5.75 Å². The highest BCUT2D eigenvalue weighted by atomic mass is 35.5. The van der Waals surface area contributed by atoms with Gasteiger partial charge in [-0.25, -0.2) is 0 Å². The summed E-state index contributed by atoms with van der Waals surface area (Å²) >= 11 is 0. The van der Waals surface area contributed by atoms with Crippen molar-refractivity contribution >= 4 is 29.9 Å². The van der Waals surface area contributed by atoms with Crippen LogP contribution in [0.3, 0.4) is 0 Å². The van der Waals surface area contributed by atoms with Gasteiger partial charge in [0.25, 0.3) is 0 Å². The molecule has 1 aromatic rings. The van der Waals surface area contributed by atoms with Gasteiger partial charge < -0.3 is 19.9 Å². The third kappa shape index (κ3) is 3.33. The van der Waals surface area contributed by atoms with Crippen LogP contribution in [-0.4, -0.2) is 56.5 Å². The highest BCUT2D eigenvalue weighted by molar-refractivity contribution is 6.00. The lowest BCUT2D eigenvalue weighted by Crippen LogP contribution is -2.37. The quantitative estimate of drug-likeness (QED) is 0.872. The summed E-state index contributed by atoms with van der Waals surface area (Å²) in [4.78, 5) is 28.9. The summed E-state index contributed by atoms with van der Waals surface area (Å²) in [6.45, 7) is 4.17. The largest absolute Gasteiger partial charge is 0.497 e. The molecule has 0 spiro atoms. The second-order valence-electron chi connectivity index (χ2n) is 7.03. The summed E-state index contributed by atoms with van der Waals surface area (Å²) in [6.07, 6.45) is 0.314. The molecule has 136 valence electrons. The zero-order chi connectivity index (χ0) is 16.7. The van der Waals surface area contributed by atoms with Crippen LogP contribution in [0.2, 0.25) is 0 Å². The number of carbonyl (C=O) groups excluding carboxylic acids is 2. The number of hydrogen-bond donors (Lipinski definition) is 1. The third-order valence-electron chi connectivity index (χ3n) is 5.56. The number of likely N-dealkylation sites (tertiary alicyclic amines) is 1. The average Bonchev–Trinajstić information content (AvgIpc) is 3.28. The molecule has 3 atom stereocenters. The molecule has 3 aliphatic heterocycles. The van der Waals surface area contributed by atoms with Crippen molar-refractivity contribution in [3.05, 3.63) is 24.3 Å². The Hall–Kier alpha value is -1.79. The SMILES string of the molecule is COc1ccc(N2CC(C(=O)N3C[C@H]4CNC[C@H]4C3)CC2=O)cc1.Cl. The highest BCUT2D eigenvalue weighted by Gasteiger charge is 2.43. The maximum absolute atomic E-state index is 12.8. The number of nitrogens with zero attached hydrogens (tertiary/aromatic N) is 2. The predicted octanol–water partition coefficient (Wildman–Crippen LogP) is 1.15. The first-order valence-electron chi connectivity index (χ1n) is 8.59. The molecule has 0 aliphatic carbocycles. The molecule has 4 rings (SSSR count). The zero-order valence-corrected chi connectivity index (χ0v) is 15.1. The first-order chi connectivity index (χ1) is 11.7. The number of hydrogen-bond acceptors (Lipinski definition) is 4. The smallest absolute Gasteiger partial charge is 0.228 e. The number of ether oxygens (including phenoxy) is 1. The van der Waals surface area contributed by atoms with E-state index in [1.54, 1.807) is 12.0 Å². The Morgan fingerprint density at radius 1 is 1.12 bits per heavy atom. The van der Waals surface area contributed by atoms with Crippen molar-refractivity contribution in [2.75, 3.05) is 44.7 Å². The van der Waals surface area contributed by atoms with E-state index >= 15 is 0 Å². The highest BCUT2D eigenvalue weighted by Crippen LogP contribution is 2.31. The molecular formula is C18H24ClN3O3. The van der Waals surface area contributed by atoms with Gasteiger partial charge in [-0.05, 0) is 36.1 Å². The Balaban J connectivity index is 0.00000182. The molecule has 0 radical (unpaired) electrons. The number of halogens is 1. The molecule has 25 heavy (non-hydrogen) atoms. The summed E-state index contributed by atoms with van der Waals surface area (Å²) < 4.78 is 5.15. The van der Waals surface area contributed by atoms with Crippen LogP contribution >= 0.6 is 12.4 Å². The van der Waals surface area contributed by atoms with E-state index in [-0.39, 0.29) is 30.1 Å². The fourth-order valence-electron chi connectivity index (χ4n) is 4.18. The van der Waals surface area contributed by atoms with Crippen LogP contribution in [-0.2, 0) is 9.59 Å². The summed E-state index contributed by atoms with van der Waals surface area (Å²) in [7, 11) is 1.62. The normalized spacial score (nSPS) is 28.0. The maximum atomic E-state index is 12.8. The van der Waals surface area contributed by atoms with Crippen molar-refractivity contribution < 1.29 is 14.3 Å². The minimum Gasteiger partial charge on any atom is -0.497 e. The van der Waals surface area contributed by atoms with E-state index in [1.807, 2.05) is 29.2 Å². The summed E-state index contributed by atoms with van der Waals surface area (Å²) in [5.74, 6) is 1.89. The molecule has 7 heteroatoms. The first-order valence-corrected chi connectivity index (χ1v) is 8.59. The molecule has 3 saturated heterocycles. The van der Waals surface area contributed by atoms with Crippen LogP contribution in [0.25, 0.3) is 0 Å². The summed E-state index contributed by atoms with van der Waals surface area (Å²) in [5, 5.41) is 3.39. The van der Waals surface area contributed by atoms with Gasteiger partial charge in [-0.2, -0.15) is 0 Å². The van der Waals surface area contributed by atoms with Gasteiger partial charge in [0.2, 0.25) is 11.8 Å². The van der Waals surface area contributed by atoms with Crippen LogP contribution in [0.5, 0.6) is 5.75 Å². The molecule has 6 nitrogen and oxygen atoms in total. The van der Waals surface area contributed by atoms with E-state index in [0.717, 1.165) is 37.6 Å². The van der Waals surface area contributed by atoms with Crippen molar-refractivity contribution in [3.63, 3.8) is 0 Å². The van der Waals surface area contributed by atoms with Crippen LogP contribution in [0.4, 0.5) is 5.69 Å². The Labute approximate surface area is 153 Å². The van der Waals surface area contributed by atoms with Crippen LogP contribution in [0.1, 0.15) is 6.42 Å². The number of methoxy groups -OCH3 is 1. The Morgan fingerprint density at radius 3 is 2.36 bits per heavy atom. The minimum atomic E-state index is -0.216. The number of anilines is 1. The molecular weight excluding hydrogens is 342 g/mol. The topological polar surface area (TPSA) is 61.9 Å². The van der Waals surface area contributed by atoms with Crippen LogP contribution in [0.15, 0.2) is 24.3 Å². The van der Waals surface area contributed by atoms with Gasteiger partial charge in [-0.15, -0.1) is 12.4 Å². The van der Waals surface area contributed by atoms with Crippen LogP contribution < -0.4 is 15.0 Å². The predicted molar refractivity (Wildman–Crippen MR) is 97.1 cm³/mol. The van der Waals surface area contributed by atoms with E-state index in [4.69, 9.17) is 4.74 Å². The lowest BCUT2D eigenvalue weighted by Gasteiger charge is -2.22. The van der Waals surface area contributed by atoms with E-state index in [1.165, 1.54) is 0 Å². The Kier molecular flexibility index (Phi) is 5.20. The van der Waals surface area contributed by atoms with Gasteiger partial charge in [0, 0.05) is 44.8 Å². The number of benzene rings is 1. The minimum absolute atomic E-state index is 0. The van der Waals surface area contributed by atoms with Gasteiger partial charge in [0.1, 0.15) is 5.75 Å². The fraction of sp³-hybridized carbons (Fsp3) is 0.556. The van der Waals surface area contributed by atoms with E-state index in [9.17, 15) is 9.59 Å². The van der Waals surface area contributed by atoms with E-state index in [2.05, 4.69) is 5.32 Å². The molecule has 3 heterocycles. The van der Waals surface area contributed by atoms with Crippen molar-refractivity contribution in [1.29, 1.82) is 0 Å². The van der Waals surface area contributed by atoms with Gasteiger partial charge in [-0.3, -0.25) is 9.59 Å². The molecule has 1 N–H and O–H groups in total. The molecule has 0 aromatic heterocycles. The fourth-order valence-corrected chi connectivity index (χ4v) is 4.18. The number of fused-ring (bicyclic) bond motifs is 1. The Morgan fingerprint density at radius 2 is 1.76 bits per heavy atom. The number of amides is 2. The molecule has 3 aliphatic rings. The number of rotatable bonds is 3. The monoisotopic (exact) mass is 365 g/mol. The summed E-state index contributed by atoms with van der Waals surface area (Å²) in [6, 6.07) is 7.42. The standard InChI is InChI=1S/C18H23N3O3.ClH/c1-24-16-4-2-15(3-5-16)21-11-12(6-17(21)22)18(23)20-9-13-7-19-8-14(13)10-20;/h2-5,12-14,19H,6-11H2,1H3;1H/t12?,13-,14+;. The lowest BCUT2D eigenvalue weighted by atomic mass is 10.0. The zero-order valence-electron chi connectivity index (χ0n) is 14.3. The van der Waals surface area contributed by atoms with Crippen LogP contribution in [0, 0.1) is 17.8 Å². The molecule has 0 bridgehead atoms. The molecule has 3 fully saturated rings. The van der Waals surface area contributed by atoms with Crippen molar-refractivity contribution in [2.45, 2.75) is 6.42 Å². The second-order valence-corrected chi connectivity index (χ2v) is 7.03. The summed E-state index contributed by atoms with van der Waals surface area (Å²) in [5.41, 5.74) is 0.832. The first kappa shape index (κ1) is 18.0. The van der Waals surface area contributed by atoms with E-state index < -0.39 is 0 Å². The van der Waals surface area contributed by atoms with E-state index in [0.29, 0.717) is 24.8 Å². The number of nitrogens with one attached hydrogen (secondary N) is 1. The molecule has 2 amide bonds. The Bertz CT molecular complexity index is 639. The van der Waals surface area contributed by atoms with Gasteiger partial charge in [-0.1, -0.05) is 0 Å². The van der Waals surface area contributed by atoms with Crippen molar-refractivity contribution in [1.82, 2.24) is 10.2 Å².